The molecule has 4 nitrogen and oxygen atoms in total. The van der Waals surface area contributed by atoms with E-state index >= 15 is 0 Å². The van der Waals surface area contributed by atoms with E-state index in [2.05, 4.69) is 179 Å². The van der Waals surface area contributed by atoms with Gasteiger partial charge in [0.15, 0.2) is 0 Å². The van der Waals surface area contributed by atoms with Gasteiger partial charge >= 0.3 is 0 Å². The highest BCUT2D eigenvalue weighted by molar-refractivity contribution is 7.99. The van der Waals surface area contributed by atoms with Gasteiger partial charge in [0, 0.05) is 43.7 Å². The summed E-state index contributed by atoms with van der Waals surface area (Å²) >= 11 is 1.85. The second kappa shape index (κ2) is 15.5. The lowest BCUT2D eigenvalue weighted by molar-refractivity contribution is 0.974. The Labute approximate surface area is 370 Å². The van der Waals surface area contributed by atoms with Crippen LogP contribution < -0.4 is 15.3 Å². The van der Waals surface area contributed by atoms with Gasteiger partial charge in [0.1, 0.15) is 0 Å². The zero-order valence-electron chi connectivity index (χ0n) is 34.6. The fraction of sp³-hybridized carbons (Fsp3) is 0.0690. The highest BCUT2D eigenvalue weighted by Crippen LogP contribution is 2.52. The first-order chi connectivity index (χ1) is 31.2. The van der Waals surface area contributed by atoms with Gasteiger partial charge in [-0.3, -0.25) is 10.4 Å². The number of allylic oxidation sites excluding steroid dienone is 4. The molecule has 2 aliphatic carbocycles. The molecule has 1 aliphatic heterocycles. The Morgan fingerprint density at radius 3 is 2.32 bits per heavy atom. The van der Waals surface area contributed by atoms with Crippen LogP contribution in [0.2, 0.25) is 0 Å². The Bertz CT molecular complexity index is 3570. The van der Waals surface area contributed by atoms with Gasteiger partial charge in [-0.25, -0.2) is 0 Å². The van der Waals surface area contributed by atoms with Crippen LogP contribution in [0, 0.1) is 5.41 Å². The topological polar surface area (TPSA) is 44.4 Å². The minimum absolute atomic E-state index is 0.557. The monoisotopic (exact) mass is 826 g/mol. The predicted octanol–water partition coefficient (Wildman–Crippen LogP) is 14.3. The van der Waals surface area contributed by atoms with Gasteiger partial charge in [-0.2, -0.15) is 0 Å². The minimum atomic E-state index is 0.557. The summed E-state index contributed by atoms with van der Waals surface area (Å²) < 4.78 is 2.50. The first kappa shape index (κ1) is 37.3. The number of nitrogens with one attached hydrogen (secondary N) is 1. The first-order valence-electron chi connectivity index (χ1n) is 21.8. The second-order valence-corrected chi connectivity index (χ2v) is 17.6. The van der Waals surface area contributed by atoms with Crippen LogP contribution in [0.5, 0.6) is 0 Å². The molecule has 63 heavy (non-hydrogen) atoms. The van der Waals surface area contributed by atoms with Crippen molar-refractivity contribution in [3.63, 3.8) is 0 Å². The van der Waals surface area contributed by atoms with E-state index in [0.29, 0.717) is 5.71 Å². The van der Waals surface area contributed by atoms with E-state index in [1.165, 1.54) is 75.8 Å². The van der Waals surface area contributed by atoms with Gasteiger partial charge < -0.3 is 9.47 Å². The third-order valence-corrected chi connectivity index (χ3v) is 13.9. The van der Waals surface area contributed by atoms with Crippen LogP contribution in [-0.2, 0) is 0 Å². The molecule has 3 aliphatic rings. The Balaban J connectivity index is 0.952. The number of fused-ring (bicyclic) bond motifs is 8. The molecule has 0 spiro atoms. The molecule has 12 rings (SSSR count). The fourth-order valence-electron chi connectivity index (χ4n) is 9.87. The van der Waals surface area contributed by atoms with Crippen molar-refractivity contribution in [2.24, 2.45) is 4.99 Å². The lowest BCUT2D eigenvalue weighted by Gasteiger charge is -2.33. The summed E-state index contributed by atoms with van der Waals surface area (Å²) in [5.74, 6) is 0. The number of aromatic nitrogens is 1. The molecular formula is C58H42N4S. The second-order valence-electron chi connectivity index (χ2n) is 16.5. The van der Waals surface area contributed by atoms with Gasteiger partial charge in [0.25, 0.3) is 0 Å². The van der Waals surface area contributed by atoms with E-state index in [-0.39, 0.29) is 0 Å². The third-order valence-electron chi connectivity index (χ3n) is 12.8. The molecule has 0 saturated heterocycles. The van der Waals surface area contributed by atoms with Crippen LogP contribution in [0.4, 0.5) is 22.7 Å². The van der Waals surface area contributed by atoms with E-state index in [1.54, 1.807) is 0 Å². The number of nitrogens with zero attached hydrogens (tertiary/aromatic N) is 3. The Kier molecular flexibility index (Phi) is 9.16. The van der Waals surface area contributed by atoms with Crippen molar-refractivity contribution in [2.45, 2.75) is 35.5 Å². The SMILES string of the molecule is N=C(C1=c2ccccc2=CCC1)c1ccccc1/N=C/C1=CCCC(n2c3cc(-c4ccc5c(c4)Sc4ccccc4N5c4ccccc4)ccc3c3c4ccccc4ccc32)=C1. The molecule has 0 atom stereocenters. The van der Waals surface area contributed by atoms with Crippen molar-refractivity contribution in [2.75, 3.05) is 4.90 Å². The Morgan fingerprint density at radius 2 is 1.37 bits per heavy atom. The molecule has 5 heteroatoms. The van der Waals surface area contributed by atoms with Crippen LogP contribution >= 0.6 is 11.8 Å². The lowest BCUT2D eigenvalue weighted by Crippen LogP contribution is -2.31. The predicted molar refractivity (Wildman–Crippen MR) is 267 cm³/mol. The van der Waals surface area contributed by atoms with Gasteiger partial charge in [0.05, 0.1) is 33.8 Å². The summed E-state index contributed by atoms with van der Waals surface area (Å²) in [5.41, 5.74) is 14.0. The Hall–Kier alpha value is -7.47. The van der Waals surface area contributed by atoms with Crippen LogP contribution in [-0.4, -0.2) is 16.5 Å². The van der Waals surface area contributed by atoms with Crippen molar-refractivity contribution in [3.8, 4) is 11.1 Å². The molecule has 0 saturated carbocycles. The maximum atomic E-state index is 9.40. The molecule has 1 aromatic heterocycles. The fourth-order valence-corrected chi connectivity index (χ4v) is 11.0. The molecule has 8 aromatic carbocycles. The number of aliphatic imine (C=N–C) groups is 1. The molecule has 0 unspecified atom stereocenters. The van der Waals surface area contributed by atoms with Gasteiger partial charge in [-0.1, -0.05) is 145 Å². The molecule has 300 valence electrons. The summed E-state index contributed by atoms with van der Waals surface area (Å²) in [6.45, 7) is 0. The van der Waals surface area contributed by atoms with Crippen molar-refractivity contribution < 1.29 is 0 Å². The molecule has 1 N–H and O–H groups in total. The summed E-state index contributed by atoms with van der Waals surface area (Å²) in [6.07, 6.45) is 12.5. The summed E-state index contributed by atoms with van der Waals surface area (Å²) in [6, 6.07) is 63.2. The number of anilines is 3. The molecule has 2 heterocycles. The zero-order chi connectivity index (χ0) is 41.9. The molecular weight excluding hydrogens is 785 g/mol. The summed E-state index contributed by atoms with van der Waals surface area (Å²) in [4.78, 5) is 9.97. The third kappa shape index (κ3) is 6.47. The van der Waals surface area contributed by atoms with Crippen LogP contribution in [0.15, 0.2) is 208 Å². The number of hydrogen-bond acceptors (Lipinski definition) is 4. The summed E-state index contributed by atoms with van der Waals surface area (Å²) in [5, 5.41) is 16.8. The Morgan fingerprint density at radius 1 is 0.603 bits per heavy atom. The molecule has 0 fully saturated rings. The highest BCUT2D eigenvalue weighted by Gasteiger charge is 2.26. The van der Waals surface area contributed by atoms with Crippen molar-refractivity contribution in [1.82, 2.24) is 4.57 Å². The van der Waals surface area contributed by atoms with Gasteiger partial charge in [0.2, 0.25) is 0 Å². The van der Waals surface area contributed by atoms with Gasteiger partial charge in [-0.05, 0) is 130 Å². The maximum Gasteiger partial charge on any atom is 0.0723 e. The molecule has 0 radical (unpaired) electrons. The molecule has 9 aromatic rings. The van der Waals surface area contributed by atoms with E-state index in [1.807, 2.05) is 42.2 Å². The number of benzene rings is 8. The first-order valence-corrected chi connectivity index (χ1v) is 22.6. The van der Waals surface area contributed by atoms with Crippen molar-refractivity contribution >= 4 is 96.4 Å². The van der Waals surface area contributed by atoms with Crippen LogP contribution in [0.3, 0.4) is 0 Å². The van der Waals surface area contributed by atoms with E-state index in [0.717, 1.165) is 59.0 Å². The van der Waals surface area contributed by atoms with Crippen LogP contribution in [0.25, 0.3) is 61.1 Å². The largest absolute Gasteiger partial charge is 0.313 e. The zero-order valence-corrected chi connectivity index (χ0v) is 35.4. The average Bonchev–Trinajstić information content (AvgIpc) is 3.69. The van der Waals surface area contributed by atoms with E-state index in [9.17, 15) is 5.41 Å². The normalized spacial score (nSPS) is 14.6. The van der Waals surface area contributed by atoms with E-state index < -0.39 is 0 Å². The number of para-hydroxylation sites is 3. The van der Waals surface area contributed by atoms with Gasteiger partial charge in [-0.15, -0.1) is 0 Å². The lowest BCUT2D eigenvalue weighted by atomic mass is 9.91. The number of hydrogen-bond donors (Lipinski definition) is 1. The average molecular weight is 827 g/mol. The van der Waals surface area contributed by atoms with Crippen molar-refractivity contribution in [1.29, 1.82) is 5.41 Å². The minimum Gasteiger partial charge on any atom is -0.313 e. The number of rotatable bonds is 7. The molecule has 0 bridgehead atoms. The highest BCUT2D eigenvalue weighted by atomic mass is 32.2. The quantitative estimate of drug-likeness (QED) is 0.163. The van der Waals surface area contributed by atoms with Crippen LogP contribution in [0.1, 0.15) is 31.2 Å². The standard InChI is InChI=1S/C58H42N4S/c59-58(47-24-13-17-39-15-4-6-21-45(39)47)48-23-8-9-25-50(48)60-37-38-14-12-20-44(34-38)62-53-33-29-40-16-5-7-22-46(40)57(53)49-31-28-41(35-54(49)62)42-30-32-52-56(36-42)63-55-27-11-10-26-51(55)61(52)43-18-2-1-3-19-43/h1-11,14-19,21-23,25-37,59H,12-13,20,24H2/b59-58?,60-37+. The van der Waals surface area contributed by atoms with E-state index in [4.69, 9.17) is 4.99 Å². The maximum absolute atomic E-state index is 9.40. The van der Waals surface area contributed by atoms with Crippen molar-refractivity contribution in [3.05, 3.63) is 210 Å². The smallest absolute Gasteiger partial charge is 0.0723 e. The summed E-state index contributed by atoms with van der Waals surface area (Å²) in [7, 11) is 0. The molecule has 0 amide bonds.